The molecule has 0 amide bonds. The molecule has 2 aromatic rings. The second-order valence-corrected chi connectivity index (χ2v) is 10.3. The van der Waals surface area contributed by atoms with Crippen LogP contribution in [0, 0.1) is 0 Å². The van der Waals surface area contributed by atoms with E-state index in [0.717, 1.165) is 0 Å². The molecule has 1 fully saturated rings. The van der Waals surface area contributed by atoms with E-state index in [1.165, 1.54) is 12.1 Å². The second-order valence-electron chi connectivity index (χ2n) is 10.3. The minimum atomic E-state index is -1.95. The highest BCUT2D eigenvalue weighted by Gasteiger charge is 2.49. The molecule has 2 aliphatic heterocycles. The van der Waals surface area contributed by atoms with Crippen LogP contribution in [0.5, 0.6) is 11.5 Å². The fourth-order valence-electron chi connectivity index (χ4n) is 4.86. The molecule has 6 atom stereocenters. The first kappa shape index (κ1) is 28.7. The number of allylic oxidation sites excluding steroid dienone is 1. The fraction of sp³-hybridized carbons (Fsp3) is 0.519. The summed E-state index contributed by atoms with van der Waals surface area (Å²) in [6.45, 7) is 8.75. The van der Waals surface area contributed by atoms with Gasteiger partial charge < -0.3 is 44.2 Å². The molecule has 212 valence electrons. The summed E-state index contributed by atoms with van der Waals surface area (Å²) in [5.74, 6) is -2.09. The predicted molar refractivity (Wildman–Crippen MR) is 135 cm³/mol. The van der Waals surface area contributed by atoms with Crippen LogP contribution >= 0.6 is 0 Å². The number of benzene rings is 1. The first-order chi connectivity index (χ1) is 18.3. The number of carboxylic acid groups (broad SMARTS) is 1. The third-order valence-corrected chi connectivity index (χ3v) is 7.00. The van der Waals surface area contributed by atoms with Gasteiger partial charge in [0.15, 0.2) is 17.5 Å². The average molecular weight is 549 g/mol. The van der Waals surface area contributed by atoms with E-state index in [1.807, 2.05) is 0 Å². The summed E-state index contributed by atoms with van der Waals surface area (Å²) < 4.78 is 23.0. The number of carboxylic acids is 1. The maximum absolute atomic E-state index is 13.4. The molecule has 6 unspecified atom stereocenters. The van der Waals surface area contributed by atoms with E-state index in [0.29, 0.717) is 12.0 Å². The average Bonchev–Trinajstić information content (AvgIpc) is 2.85. The number of ketones is 1. The Kier molecular flexibility index (Phi) is 7.88. The van der Waals surface area contributed by atoms with Crippen LogP contribution in [0.4, 0.5) is 0 Å². The van der Waals surface area contributed by atoms with Crippen LogP contribution in [0.25, 0.3) is 11.0 Å². The number of aliphatic hydroxyl groups excluding tert-OH is 4. The summed E-state index contributed by atoms with van der Waals surface area (Å²) in [5.41, 5.74) is -1.56. The Morgan fingerprint density at radius 3 is 2.49 bits per heavy atom. The zero-order valence-corrected chi connectivity index (χ0v) is 21.7. The Balaban J connectivity index is 2.05. The maximum atomic E-state index is 13.4. The summed E-state index contributed by atoms with van der Waals surface area (Å²) in [7, 11) is 0. The highest BCUT2D eigenvalue weighted by atomic mass is 16.7. The van der Waals surface area contributed by atoms with E-state index in [-0.39, 0.29) is 58.6 Å². The van der Waals surface area contributed by atoms with Gasteiger partial charge in [-0.3, -0.25) is 4.79 Å². The molecule has 39 heavy (non-hydrogen) atoms. The SMILES string of the molecule is C=CCc1cc(=O)oc2c(C(=O)CCC)c3c(c(OC4OC(C(=O)O)C(O)C(O)C4O)c12)CC(O)C(C)(C)O3. The number of rotatable bonds is 8. The van der Waals surface area contributed by atoms with Gasteiger partial charge >= 0.3 is 11.6 Å². The Morgan fingerprint density at radius 1 is 1.18 bits per heavy atom. The van der Waals surface area contributed by atoms with Crippen LogP contribution < -0.4 is 15.1 Å². The van der Waals surface area contributed by atoms with E-state index in [2.05, 4.69) is 6.58 Å². The largest absolute Gasteiger partial charge is 0.484 e. The number of carbonyl (C=O) groups excluding carboxylic acids is 1. The van der Waals surface area contributed by atoms with Gasteiger partial charge in [0.05, 0.1) is 11.5 Å². The molecule has 5 N–H and O–H groups in total. The summed E-state index contributed by atoms with van der Waals surface area (Å²) in [6, 6.07) is 1.18. The molecule has 1 aromatic carbocycles. The summed E-state index contributed by atoms with van der Waals surface area (Å²) in [5, 5.41) is 51.5. The minimum Gasteiger partial charge on any atom is -0.484 e. The van der Waals surface area contributed by atoms with Crippen molar-refractivity contribution in [1.29, 1.82) is 0 Å². The van der Waals surface area contributed by atoms with Crippen LogP contribution in [-0.2, 0) is 22.4 Å². The smallest absolute Gasteiger partial charge is 0.336 e. The number of Topliss-reactive ketones (excluding diaryl/α,β-unsaturated/α-hetero) is 1. The molecule has 1 aromatic heterocycles. The summed E-state index contributed by atoms with van der Waals surface area (Å²) >= 11 is 0. The Labute approximate surface area is 223 Å². The van der Waals surface area contributed by atoms with Crippen LogP contribution in [0.15, 0.2) is 27.9 Å². The lowest BCUT2D eigenvalue weighted by Crippen LogP contribution is -2.61. The van der Waals surface area contributed by atoms with E-state index in [9.17, 15) is 39.9 Å². The molecule has 0 radical (unpaired) electrons. The molecule has 4 rings (SSSR count). The minimum absolute atomic E-state index is 0.00539. The molecular formula is C27H32O12. The normalized spacial score (nSPS) is 27.9. The number of hydrogen-bond donors (Lipinski definition) is 5. The van der Waals surface area contributed by atoms with Gasteiger partial charge in [-0.1, -0.05) is 13.0 Å². The van der Waals surface area contributed by atoms with Crippen LogP contribution in [0.2, 0.25) is 0 Å². The lowest BCUT2D eigenvalue weighted by Gasteiger charge is -2.41. The standard InChI is InChI=1S/C27H32O12/c1-5-7-11-9-15(30)36-23-16(11)21(37-26-20(33)18(31)19(32)24(38-26)25(34)35)12-10-14(29)27(3,4)39-22(12)17(23)13(28)8-6-2/h5,9,14,18-20,24,26,29,31-33H,1,6-8,10H2,2-4H3,(H,34,35). The van der Waals surface area contributed by atoms with Gasteiger partial charge in [-0.2, -0.15) is 0 Å². The summed E-state index contributed by atoms with van der Waals surface area (Å²) in [6.07, 6.45) is -8.51. The quantitative estimate of drug-likeness (QED) is 0.178. The number of carbonyl (C=O) groups is 2. The van der Waals surface area contributed by atoms with Crippen molar-refractivity contribution in [1.82, 2.24) is 0 Å². The van der Waals surface area contributed by atoms with E-state index >= 15 is 0 Å². The van der Waals surface area contributed by atoms with Gasteiger partial charge in [0.25, 0.3) is 0 Å². The van der Waals surface area contributed by atoms with Crippen LogP contribution in [0.1, 0.15) is 55.1 Å². The van der Waals surface area contributed by atoms with Crippen molar-refractivity contribution in [2.45, 2.75) is 88.9 Å². The Bertz CT molecular complexity index is 1360. The van der Waals surface area contributed by atoms with E-state index in [4.69, 9.17) is 18.6 Å². The van der Waals surface area contributed by atoms with E-state index < -0.39 is 54.0 Å². The molecule has 0 spiro atoms. The molecule has 12 nitrogen and oxygen atoms in total. The second kappa shape index (κ2) is 10.7. The first-order valence-electron chi connectivity index (χ1n) is 12.6. The van der Waals surface area contributed by atoms with E-state index in [1.54, 1.807) is 20.8 Å². The van der Waals surface area contributed by atoms with Crippen molar-refractivity contribution in [3.05, 3.63) is 45.8 Å². The van der Waals surface area contributed by atoms with Gasteiger partial charge in [0, 0.05) is 24.5 Å². The van der Waals surface area contributed by atoms with Gasteiger partial charge in [0.1, 0.15) is 41.0 Å². The monoisotopic (exact) mass is 548 g/mol. The lowest BCUT2D eigenvalue weighted by atomic mass is 9.86. The molecule has 3 heterocycles. The number of aliphatic hydroxyl groups is 4. The summed E-state index contributed by atoms with van der Waals surface area (Å²) in [4.78, 5) is 37.6. The zero-order valence-electron chi connectivity index (χ0n) is 21.7. The van der Waals surface area contributed by atoms with Crippen LogP contribution in [-0.4, -0.2) is 79.7 Å². The Morgan fingerprint density at radius 2 is 1.87 bits per heavy atom. The van der Waals surface area contributed by atoms with Crippen molar-refractivity contribution >= 4 is 22.7 Å². The molecule has 0 bridgehead atoms. The number of aliphatic carboxylic acids is 1. The van der Waals surface area contributed by atoms with Gasteiger partial charge in [0.2, 0.25) is 6.29 Å². The topological polar surface area (TPSA) is 193 Å². The fourth-order valence-corrected chi connectivity index (χ4v) is 4.86. The highest BCUT2D eigenvalue weighted by Crippen LogP contribution is 2.48. The molecular weight excluding hydrogens is 516 g/mol. The van der Waals surface area contributed by atoms with Crippen molar-refractivity contribution in [2.75, 3.05) is 0 Å². The maximum Gasteiger partial charge on any atom is 0.336 e. The first-order valence-corrected chi connectivity index (χ1v) is 12.6. The molecule has 0 saturated carbocycles. The third kappa shape index (κ3) is 5.06. The predicted octanol–water partition coefficient (Wildman–Crippen LogP) is 0.850. The number of ether oxygens (including phenoxy) is 3. The highest BCUT2D eigenvalue weighted by molar-refractivity contribution is 6.11. The van der Waals surface area contributed by atoms with Gasteiger partial charge in [-0.15, -0.1) is 6.58 Å². The lowest BCUT2D eigenvalue weighted by molar-refractivity contribution is -0.271. The third-order valence-electron chi connectivity index (χ3n) is 7.00. The molecule has 12 heteroatoms. The van der Waals surface area contributed by atoms with Crippen LogP contribution in [0.3, 0.4) is 0 Å². The Hall–Kier alpha value is -3.29. The van der Waals surface area contributed by atoms with Gasteiger partial charge in [-0.25, -0.2) is 9.59 Å². The van der Waals surface area contributed by atoms with Crippen molar-refractivity contribution in [2.24, 2.45) is 0 Å². The van der Waals surface area contributed by atoms with Crippen molar-refractivity contribution in [3.63, 3.8) is 0 Å². The number of hydrogen-bond acceptors (Lipinski definition) is 11. The zero-order chi connectivity index (χ0) is 28.8. The molecule has 0 aliphatic carbocycles. The van der Waals surface area contributed by atoms with Crippen molar-refractivity contribution in [3.8, 4) is 11.5 Å². The molecule has 2 aliphatic rings. The van der Waals surface area contributed by atoms with Crippen molar-refractivity contribution < 1.29 is 53.7 Å². The number of fused-ring (bicyclic) bond motifs is 2. The molecule has 1 saturated heterocycles. The van der Waals surface area contributed by atoms with Gasteiger partial charge in [-0.05, 0) is 32.3 Å².